The first-order chi connectivity index (χ1) is 35.5. The number of hydrogen-bond donors (Lipinski definition) is 0. The van der Waals surface area contributed by atoms with Crippen LogP contribution < -0.4 is 0 Å². The minimum absolute atomic E-state index is 0.0831. The van der Waals surface area contributed by atoms with Crippen molar-refractivity contribution in [2.24, 2.45) is 0 Å². The minimum atomic E-state index is -0.788. The van der Waals surface area contributed by atoms with Crippen molar-refractivity contribution in [3.63, 3.8) is 0 Å². The maximum absolute atomic E-state index is 12.9. The Kier molecular flexibility index (Phi) is 57.3. The zero-order valence-electron chi connectivity index (χ0n) is 47.4. The van der Waals surface area contributed by atoms with E-state index in [2.05, 4.69) is 106 Å². The number of rotatable bonds is 55. The molecule has 0 aromatic carbocycles. The molecule has 0 spiro atoms. The van der Waals surface area contributed by atoms with E-state index in [-0.39, 0.29) is 31.1 Å². The first kappa shape index (κ1) is 68.6. The van der Waals surface area contributed by atoms with Crippen molar-refractivity contribution in [2.75, 3.05) is 13.2 Å². The number of hydrogen-bond acceptors (Lipinski definition) is 6. The van der Waals surface area contributed by atoms with E-state index in [1.54, 1.807) is 0 Å². The van der Waals surface area contributed by atoms with Crippen molar-refractivity contribution < 1.29 is 28.6 Å². The predicted molar refractivity (Wildman–Crippen MR) is 311 cm³/mol. The summed E-state index contributed by atoms with van der Waals surface area (Å²) in [5.41, 5.74) is 0. The summed E-state index contributed by atoms with van der Waals surface area (Å²) >= 11 is 0. The van der Waals surface area contributed by atoms with Crippen LogP contribution in [0.2, 0.25) is 0 Å². The highest BCUT2D eigenvalue weighted by molar-refractivity contribution is 5.71. The number of esters is 3. The third-order valence-corrected chi connectivity index (χ3v) is 13.2. The van der Waals surface area contributed by atoms with Crippen LogP contribution in [0.3, 0.4) is 0 Å². The Balaban J connectivity index is 4.39. The average molecular weight is 1000 g/mol. The Bertz CT molecular complexity index is 1380. The van der Waals surface area contributed by atoms with Crippen LogP contribution in [0, 0.1) is 0 Å². The molecule has 0 heterocycles. The summed E-state index contributed by atoms with van der Waals surface area (Å²) in [7, 11) is 0. The molecule has 1 unspecified atom stereocenters. The molecule has 0 bridgehead atoms. The maximum Gasteiger partial charge on any atom is 0.306 e. The monoisotopic (exact) mass is 1000 g/mol. The summed E-state index contributed by atoms with van der Waals surface area (Å²) in [4.78, 5) is 38.2. The summed E-state index contributed by atoms with van der Waals surface area (Å²) in [6, 6.07) is 0. The van der Waals surface area contributed by atoms with Gasteiger partial charge in [-0.2, -0.15) is 0 Å². The zero-order chi connectivity index (χ0) is 52.2. The van der Waals surface area contributed by atoms with E-state index in [4.69, 9.17) is 14.2 Å². The van der Waals surface area contributed by atoms with E-state index in [0.29, 0.717) is 19.3 Å². The smallest absolute Gasteiger partial charge is 0.306 e. The third kappa shape index (κ3) is 57.5. The largest absolute Gasteiger partial charge is 0.462 e. The summed E-state index contributed by atoms with van der Waals surface area (Å²) in [6.07, 6.45) is 78.6. The van der Waals surface area contributed by atoms with Gasteiger partial charge in [-0.15, -0.1) is 0 Å². The molecule has 0 aromatic rings. The standard InChI is InChI=1S/C66H114O6/c1-4-7-10-13-16-19-22-25-28-29-30-31-32-33-34-35-36-37-39-41-44-47-50-53-56-59-65(68)71-62-63(61-70-64(67)58-55-52-49-46-43-40-27-24-21-18-15-12-9-6-3)72-66(69)60-57-54-51-48-45-42-38-26-23-20-17-14-11-8-5-2/h7,10,16,19,25,28,30-31,33-34,36-37,41,44,63H,4-6,8-9,11-15,17-18,20-24,26-27,29,32,35,38-40,42-43,45-62H2,1-3H3/b10-7-,19-16-,28-25-,31-30-,34-33-,37-36-,44-41-. The molecule has 0 saturated heterocycles. The molecule has 6 nitrogen and oxygen atoms in total. The number of carbonyl (C=O) groups excluding carboxylic acids is 3. The molecular formula is C66H114O6. The van der Waals surface area contributed by atoms with Crippen LogP contribution >= 0.6 is 0 Å². The van der Waals surface area contributed by atoms with Gasteiger partial charge in [0.05, 0.1) is 0 Å². The van der Waals surface area contributed by atoms with Crippen LogP contribution in [-0.4, -0.2) is 37.2 Å². The Morgan fingerprint density at radius 3 is 0.847 bits per heavy atom. The molecule has 0 aliphatic rings. The van der Waals surface area contributed by atoms with E-state index in [0.717, 1.165) is 109 Å². The van der Waals surface area contributed by atoms with E-state index >= 15 is 0 Å². The summed E-state index contributed by atoms with van der Waals surface area (Å²) < 4.78 is 16.9. The number of ether oxygens (including phenoxy) is 3. The Morgan fingerprint density at radius 2 is 0.542 bits per heavy atom. The maximum atomic E-state index is 12.9. The molecule has 0 saturated carbocycles. The van der Waals surface area contributed by atoms with Gasteiger partial charge in [-0.1, -0.05) is 286 Å². The number of unbranched alkanes of at least 4 members (excludes halogenated alkanes) is 30. The summed E-state index contributed by atoms with van der Waals surface area (Å²) in [6.45, 7) is 6.53. The highest BCUT2D eigenvalue weighted by Gasteiger charge is 2.19. The molecule has 0 aliphatic carbocycles. The number of carbonyl (C=O) groups is 3. The highest BCUT2D eigenvalue weighted by Crippen LogP contribution is 2.16. The first-order valence-electron chi connectivity index (χ1n) is 30.6. The van der Waals surface area contributed by atoms with Crippen molar-refractivity contribution in [2.45, 2.75) is 303 Å². The molecule has 0 radical (unpaired) electrons. The van der Waals surface area contributed by atoms with Crippen LogP contribution in [-0.2, 0) is 28.6 Å². The quantitative estimate of drug-likeness (QED) is 0.0261. The lowest BCUT2D eigenvalue weighted by molar-refractivity contribution is -0.167. The first-order valence-corrected chi connectivity index (χ1v) is 30.6. The molecule has 0 fully saturated rings. The lowest BCUT2D eigenvalue weighted by Crippen LogP contribution is -2.30. The van der Waals surface area contributed by atoms with Gasteiger partial charge in [0.25, 0.3) is 0 Å². The van der Waals surface area contributed by atoms with Crippen molar-refractivity contribution in [1.82, 2.24) is 0 Å². The van der Waals surface area contributed by atoms with Gasteiger partial charge in [-0.3, -0.25) is 14.4 Å². The van der Waals surface area contributed by atoms with Crippen LogP contribution in [0.15, 0.2) is 85.1 Å². The fourth-order valence-electron chi connectivity index (χ4n) is 8.60. The SMILES string of the molecule is CC/C=C\C/C=C\C/C=C\C/C=C\C/C=C\C/C=C\C/C=C\CCCCCC(=O)OCC(COC(=O)CCCCCCCCCCCCCCCC)OC(=O)CCCCCCCCCCCCCCCCC. The van der Waals surface area contributed by atoms with Gasteiger partial charge in [0, 0.05) is 19.3 Å². The van der Waals surface area contributed by atoms with Crippen molar-refractivity contribution in [3.8, 4) is 0 Å². The summed E-state index contributed by atoms with van der Waals surface area (Å²) in [5.74, 6) is -0.904. The molecule has 72 heavy (non-hydrogen) atoms. The van der Waals surface area contributed by atoms with Crippen LogP contribution in [0.25, 0.3) is 0 Å². The average Bonchev–Trinajstić information content (AvgIpc) is 3.38. The minimum Gasteiger partial charge on any atom is -0.462 e. The highest BCUT2D eigenvalue weighted by atomic mass is 16.6. The predicted octanol–water partition coefficient (Wildman–Crippen LogP) is 20.7. The second kappa shape index (κ2) is 60.1. The number of allylic oxidation sites excluding steroid dienone is 14. The van der Waals surface area contributed by atoms with E-state index in [1.165, 1.54) is 148 Å². The van der Waals surface area contributed by atoms with Gasteiger partial charge in [0.2, 0.25) is 0 Å². The Morgan fingerprint density at radius 1 is 0.292 bits per heavy atom. The molecule has 1 atom stereocenters. The van der Waals surface area contributed by atoms with E-state index in [9.17, 15) is 14.4 Å². The summed E-state index contributed by atoms with van der Waals surface area (Å²) in [5, 5.41) is 0. The lowest BCUT2D eigenvalue weighted by atomic mass is 10.0. The van der Waals surface area contributed by atoms with Crippen LogP contribution in [0.1, 0.15) is 297 Å². The molecule has 0 aromatic heterocycles. The zero-order valence-corrected chi connectivity index (χ0v) is 47.4. The molecular weight excluding hydrogens is 889 g/mol. The van der Waals surface area contributed by atoms with Gasteiger partial charge in [0.1, 0.15) is 13.2 Å². The Labute approximate surface area is 445 Å². The van der Waals surface area contributed by atoms with Gasteiger partial charge in [0.15, 0.2) is 6.10 Å². The van der Waals surface area contributed by atoms with Crippen molar-refractivity contribution in [1.29, 1.82) is 0 Å². The van der Waals surface area contributed by atoms with Gasteiger partial charge in [-0.25, -0.2) is 0 Å². The molecule has 0 N–H and O–H groups in total. The van der Waals surface area contributed by atoms with Crippen molar-refractivity contribution >= 4 is 17.9 Å². The molecule has 0 aliphatic heterocycles. The van der Waals surface area contributed by atoms with Gasteiger partial charge >= 0.3 is 17.9 Å². The molecule has 0 rings (SSSR count). The molecule has 6 heteroatoms. The topological polar surface area (TPSA) is 78.9 Å². The third-order valence-electron chi connectivity index (χ3n) is 13.2. The lowest BCUT2D eigenvalue weighted by Gasteiger charge is -2.18. The Hall–Kier alpha value is -3.41. The fraction of sp³-hybridized carbons (Fsp3) is 0.742. The van der Waals surface area contributed by atoms with Crippen molar-refractivity contribution in [3.05, 3.63) is 85.1 Å². The normalized spacial score (nSPS) is 12.7. The second-order valence-corrected chi connectivity index (χ2v) is 20.2. The van der Waals surface area contributed by atoms with Gasteiger partial charge in [-0.05, 0) is 77.0 Å². The van der Waals surface area contributed by atoms with Crippen LogP contribution in [0.4, 0.5) is 0 Å². The van der Waals surface area contributed by atoms with Gasteiger partial charge < -0.3 is 14.2 Å². The molecule has 414 valence electrons. The van der Waals surface area contributed by atoms with E-state index in [1.807, 2.05) is 0 Å². The fourth-order valence-corrected chi connectivity index (χ4v) is 8.60. The van der Waals surface area contributed by atoms with E-state index < -0.39 is 6.10 Å². The van der Waals surface area contributed by atoms with Crippen LogP contribution in [0.5, 0.6) is 0 Å². The second-order valence-electron chi connectivity index (χ2n) is 20.2. The molecule has 0 amide bonds.